The molecule has 4 aromatic rings. The summed E-state index contributed by atoms with van der Waals surface area (Å²) in [5, 5.41) is 7.32. The molecule has 33 heavy (non-hydrogen) atoms. The van der Waals surface area contributed by atoms with Crippen molar-refractivity contribution in [3.63, 3.8) is 0 Å². The highest BCUT2D eigenvalue weighted by atomic mass is 19.1. The monoisotopic (exact) mass is 446 g/mol. The molecule has 5 rings (SSSR count). The van der Waals surface area contributed by atoms with Crippen LogP contribution >= 0.6 is 0 Å². The number of fused-ring (bicyclic) bond motifs is 2. The molecular weight excluding hydrogens is 419 g/mol. The molecule has 7 nitrogen and oxygen atoms in total. The van der Waals surface area contributed by atoms with Gasteiger partial charge in [0.05, 0.1) is 22.5 Å². The maximum absolute atomic E-state index is 14.5. The molecule has 1 saturated heterocycles. The molecule has 0 saturated carbocycles. The molecule has 0 aliphatic carbocycles. The van der Waals surface area contributed by atoms with Gasteiger partial charge in [-0.2, -0.15) is 0 Å². The number of imidazole rings is 1. The Morgan fingerprint density at radius 2 is 1.82 bits per heavy atom. The van der Waals surface area contributed by atoms with Crippen LogP contribution < -0.4 is 15.5 Å². The second-order valence-corrected chi connectivity index (χ2v) is 9.00. The van der Waals surface area contributed by atoms with Crippen LogP contribution in [0.5, 0.6) is 0 Å². The van der Waals surface area contributed by atoms with Crippen LogP contribution in [-0.4, -0.2) is 45.4 Å². The number of anilines is 2. The summed E-state index contributed by atoms with van der Waals surface area (Å²) in [5.74, 6) is -0.820. The number of hydrogen-bond acceptors (Lipinski definition) is 5. The lowest BCUT2D eigenvalue weighted by Crippen LogP contribution is -2.54. The van der Waals surface area contributed by atoms with Crippen LogP contribution in [0, 0.1) is 19.7 Å². The van der Waals surface area contributed by atoms with Gasteiger partial charge in [0.2, 0.25) is 0 Å². The molecular formula is C25H27FN6O. The minimum Gasteiger partial charge on any atom is -0.368 e. The first-order valence-corrected chi connectivity index (χ1v) is 11.2. The predicted octanol–water partition coefficient (Wildman–Crippen LogP) is 4.08. The number of rotatable bonds is 3. The van der Waals surface area contributed by atoms with Crippen molar-refractivity contribution < 1.29 is 9.18 Å². The molecule has 4 heterocycles. The number of aryl methyl sites for hydroxylation is 2. The molecule has 3 aromatic heterocycles. The van der Waals surface area contributed by atoms with Gasteiger partial charge in [0.1, 0.15) is 0 Å². The number of carbonyl (C=O) groups is 1. The molecule has 1 aromatic carbocycles. The van der Waals surface area contributed by atoms with Crippen LogP contribution in [0.25, 0.3) is 16.6 Å². The number of piperazine rings is 1. The van der Waals surface area contributed by atoms with Crippen LogP contribution in [0.1, 0.15) is 35.6 Å². The van der Waals surface area contributed by atoms with Gasteiger partial charge in [-0.1, -0.05) is 0 Å². The number of hydrogen-bond donors (Lipinski definition) is 2. The molecule has 8 heteroatoms. The van der Waals surface area contributed by atoms with E-state index in [4.69, 9.17) is 4.98 Å². The molecule has 2 atom stereocenters. The maximum Gasteiger partial charge on any atom is 0.257 e. The first-order valence-electron chi connectivity index (χ1n) is 11.2. The highest BCUT2D eigenvalue weighted by molar-refractivity contribution is 6.14. The smallest absolute Gasteiger partial charge is 0.257 e. The zero-order chi connectivity index (χ0) is 23.3. The third-order valence-electron chi connectivity index (χ3n) is 6.00. The Labute approximate surface area is 191 Å². The number of halogens is 1. The minimum atomic E-state index is -0.489. The number of amides is 1. The highest BCUT2D eigenvalue weighted by Crippen LogP contribution is 2.31. The van der Waals surface area contributed by atoms with E-state index in [2.05, 4.69) is 34.4 Å². The van der Waals surface area contributed by atoms with E-state index in [9.17, 15) is 9.18 Å². The Morgan fingerprint density at radius 3 is 2.58 bits per heavy atom. The standard InChI is InChI=1S/C25H27FN6O/c1-14-5-6-19-22(31-10-15(2)27-16(3)11-31)8-7-20(23(19)28-14)25(33)30-18-9-21(26)24-29-17(4)12-32(24)13-18/h5-9,12-13,15-16,27H,10-11H2,1-4H3,(H,30,33)/t15-,16-/m0/s1. The number of pyridine rings is 2. The lowest BCUT2D eigenvalue weighted by molar-refractivity contribution is 0.102. The van der Waals surface area contributed by atoms with Gasteiger partial charge in [0.15, 0.2) is 11.5 Å². The van der Waals surface area contributed by atoms with Crippen molar-refractivity contribution in [1.29, 1.82) is 0 Å². The van der Waals surface area contributed by atoms with E-state index in [1.165, 1.54) is 6.07 Å². The molecule has 2 N–H and O–H groups in total. The quantitative estimate of drug-likeness (QED) is 0.496. The molecule has 1 aliphatic rings. The molecule has 1 fully saturated rings. The Morgan fingerprint density at radius 1 is 1.06 bits per heavy atom. The van der Waals surface area contributed by atoms with Crippen molar-refractivity contribution in [2.45, 2.75) is 39.8 Å². The molecule has 1 amide bonds. The third kappa shape index (κ3) is 4.02. The van der Waals surface area contributed by atoms with Crippen molar-refractivity contribution in [3.05, 3.63) is 65.5 Å². The molecule has 0 radical (unpaired) electrons. The van der Waals surface area contributed by atoms with Crippen molar-refractivity contribution in [2.75, 3.05) is 23.3 Å². The van der Waals surface area contributed by atoms with Gasteiger partial charge < -0.3 is 19.9 Å². The number of aromatic nitrogens is 3. The van der Waals surface area contributed by atoms with E-state index in [-0.39, 0.29) is 11.6 Å². The number of nitrogens with one attached hydrogen (secondary N) is 2. The average molecular weight is 447 g/mol. The van der Waals surface area contributed by atoms with Crippen LogP contribution in [0.4, 0.5) is 15.8 Å². The van der Waals surface area contributed by atoms with E-state index >= 15 is 0 Å². The second kappa shape index (κ2) is 8.12. The largest absolute Gasteiger partial charge is 0.368 e. The second-order valence-electron chi connectivity index (χ2n) is 9.00. The summed E-state index contributed by atoms with van der Waals surface area (Å²) < 4.78 is 16.1. The topological polar surface area (TPSA) is 74.6 Å². The number of nitrogens with zero attached hydrogens (tertiary/aromatic N) is 4. The van der Waals surface area contributed by atoms with Crippen LogP contribution in [0.3, 0.4) is 0 Å². The normalized spacial score (nSPS) is 18.8. The number of benzene rings is 1. The van der Waals surface area contributed by atoms with E-state index in [1.54, 1.807) is 23.7 Å². The van der Waals surface area contributed by atoms with Crippen molar-refractivity contribution in [2.24, 2.45) is 0 Å². The first-order chi connectivity index (χ1) is 15.8. The zero-order valence-corrected chi connectivity index (χ0v) is 19.2. The van der Waals surface area contributed by atoms with Crippen molar-refractivity contribution >= 4 is 33.8 Å². The van der Waals surface area contributed by atoms with Gasteiger partial charge >= 0.3 is 0 Å². The lowest BCUT2D eigenvalue weighted by atomic mass is 10.0. The molecule has 1 aliphatic heterocycles. The van der Waals surface area contributed by atoms with Gasteiger partial charge in [-0.3, -0.25) is 9.78 Å². The van der Waals surface area contributed by atoms with Crippen molar-refractivity contribution in [3.8, 4) is 0 Å². The van der Waals surface area contributed by atoms with Crippen molar-refractivity contribution in [1.82, 2.24) is 19.7 Å². The van der Waals surface area contributed by atoms with Gasteiger partial charge in [0, 0.05) is 60.4 Å². The minimum absolute atomic E-state index is 0.233. The van der Waals surface area contributed by atoms with Gasteiger partial charge in [0.25, 0.3) is 5.91 Å². The summed E-state index contributed by atoms with van der Waals surface area (Å²) in [6.07, 6.45) is 3.38. The molecule has 0 unspecified atom stereocenters. The highest BCUT2D eigenvalue weighted by Gasteiger charge is 2.24. The fraction of sp³-hybridized carbons (Fsp3) is 0.320. The Balaban J connectivity index is 1.53. The molecule has 0 bridgehead atoms. The average Bonchev–Trinajstić information content (AvgIpc) is 3.12. The third-order valence-corrected chi connectivity index (χ3v) is 6.00. The summed E-state index contributed by atoms with van der Waals surface area (Å²) in [4.78, 5) is 24.5. The first kappa shape index (κ1) is 21.3. The Kier molecular flexibility index (Phi) is 5.25. The summed E-state index contributed by atoms with van der Waals surface area (Å²) in [5.41, 5.74) is 4.29. The molecule has 0 spiro atoms. The Hall–Kier alpha value is -3.52. The predicted molar refractivity (Wildman–Crippen MR) is 129 cm³/mol. The van der Waals surface area contributed by atoms with Gasteiger partial charge in [-0.25, -0.2) is 9.37 Å². The Bertz CT molecular complexity index is 1370. The molecule has 170 valence electrons. The number of carbonyl (C=O) groups excluding carboxylic acids is 1. The summed E-state index contributed by atoms with van der Waals surface area (Å²) in [6.45, 7) is 9.81. The van der Waals surface area contributed by atoms with Crippen LogP contribution in [0.15, 0.2) is 42.7 Å². The summed E-state index contributed by atoms with van der Waals surface area (Å²) >= 11 is 0. The SMILES string of the molecule is Cc1ccc2c(N3C[C@H](C)N[C@@H](C)C3)ccc(C(=O)Nc3cc(F)c4nc(C)cn4c3)c2n1. The van der Waals surface area contributed by atoms with E-state index < -0.39 is 5.82 Å². The maximum atomic E-state index is 14.5. The summed E-state index contributed by atoms with van der Waals surface area (Å²) in [7, 11) is 0. The van der Waals surface area contributed by atoms with E-state index in [1.807, 2.05) is 31.2 Å². The fourth-order valence-corrected chi connectivity index (χ4v) is 4.73. The van der Waals surface area contributed by atoms with E-state index in [0.717, 1.165) is 29.9 Å². The zero-order valence-electron chi connectivity index (χ0n) is 19.2. The van der Waals surface area contributed by atoms with E-state index in [0.29, 0.717) is 34.5 Å². The lowest BCUT2D eigenvalue weighted by Gasteiger charge is -2.38. The van der Waals surface area contributed by atoms with Gasteiger partial charge in [-0.15, -0.1) is 0 Å². The van der Waals surface area contributed by atoms with Crippen LogP contribution in [0.2, 0.25) is 0 Å². The fourth-order valence-electron chi connectivity index (χ4n) is 4.73. The van der Waals surface area contributed by atoms with Crippen LogP contribution in [-0.2, 0) is 0 Å². The van der Waals surface area contributed by atoms with Gasteiger partial charge in [-0.05, 0) is 52.0 Å². The summed E-state index contributed by atoms with van der Waals surface area (Å²) in [6, 6.07) is 9.81.